The zero-order chi connectivity index (χ0) is 27.2. The highest BCUT2D eigenvalue weighted by Gasteiger charge is 2.20. The van der Waals surface area contributed by atoms with Gasteiger partial charge in [0.1, 0.15) is 17.3 Å². The Kier molecular flexibility index (Phi) is 7.31. The molecule has 0 saturated heterocycles. The van der Waals surface area contributed by atoms with E-state index in [2.05, 4.69) is 15.3 Å². The van der Waals surface area contributed by atoms with E-state index >= 15 is 0 Å². The number of rotatable bonds is 9. The predicted molar refractivity (Wildman–Crippen MR) is 148 cm³/mol. The molecule has 0 saturated carbocycles. The van der Waals surface area contributed by atoms with Crippen molar-refractivity contribution in [1.82, 2.24) is 15.3 Å². The van der Waals surface area contributed by atoms with Crippen molar-refractivity contribution >= 4 is 34.3 Å². The molecule has 0 spiro atoms. The second kappa shape index (κ2) is 11.3. The van der Waals surface area contributed by atoms with E-state index in [4.69, 9.17) is 9.47 Å². The molecule has 1 amide bonds. The number of hydrogen-bond acceptors (Lipinski definition) is 6. The van der Waals surface area contributed by atoms with Gasteiger partial charge in [0.2, 0.25) is 5.75 Å². The van der Waals surface area contributed by atoms with Crippen LogP contribution in [0.2, 0.25) is 0 Å². The molecule has 1 aromatic heterocycles. The molecule has 39 heavy (non-hydrogen) atoms. The molecule has 0 fully saturated rings. The van der Waals surface area contributed by atoms with Gasteiger partial charge in [0.25, 0.3) is 5.91 Å². The first-order valence-corrected chi connectivity index (χ1v) is 12.1. The first-order valence-electron chi connectivity index (χ1n) is 12.1. The maximum atomic E-state index is 13.4. The van der Waals surface area contributed by atoms with E-state index in [-0.39, 0.29) is 22.9 Å². The standard InChI is InChI=1S/C30H24N4O5/c1-38-22-12-14-23(15-13-22)39-28-16-11-21(18-27(28)34(36)37)17-24(29-32-25-9-5-6-10-26(25)33-29)30(35)31-19-20-7-3-2-4-8-20/h2-18H,19H2,1H3,(H,31,35)(H,32,33)/b24-17+. The molecule has 0 aliphatic rings. The number of carbonyl (C=O) groups excluding carboxylic acids is 1. The van der Waals surface area contributed by atoms with Crippen LogP contribution in [0.1, 0.15) is 17.0 Å². The van der Waals surface area contributed by atoms with Crippen LogP contribution in [0.4, 0.5) is 5.69 Å². The number of nitro benzene ring substituents is 1. The fourth-order valence-electron chi connectivity index (χ4n) is 3.99. The molecule has 0 radical (unpaired) electrons. The first-order chi connectivity index (χ1) is 19.0. The van der Waals surface area contributed by atoms with Gasteiger partial charge in [-0.25, -0.2) is 4.98 Å². The topological polar surface area (TPSA) is 119 Å². The van der Waals surface area contributed by atoms with Crippen LogP contribution in [0.15, 0.2) is 97.1 Å². The van der Waals surface area contributed by atoms with E-state index in [1.807, 2.05) is 54.6 Å². The number of amides is 1. The van der Waals surface area contributed by atoms with Gasteiger partial charge < -0.3 is 19.8 Å². The minimum absolute atomic E-state index is 0.0705. The van der Waals surface area contributed by atoms with E-state index in [0.29, 0.717) is 34.9 Å². The third-order valence-electron chi connectivity index (χ3n) is 5.96. The molecule has 0 aliphatic heterocycles. The molecule has 0 aliphatic carbocycles. The Hall–Kier alpha value is -5.44. The molecular weight excluding hydrogens is 496 g/mol. The smallest absolute Gasteiger partial charge is 0.312 e. The summed E-state index contributed by atoms with van der Waals surface area (Å²) in [5, 5.41) is 14.8. The van der Waals surface area contributed by atoms with Crippen LogP contribution in [0.25, 0.3) is 22.7 Å². The number of carbonyl (C=O) groups is 1. The molecule has 0 unspecified atom stereocenters. The number of nitrogens with zero attached hydrogens (tertiary/aromatic N) is 2. The average Bonchev–Trinajstić information content (AvgIpc) is 3.40. The molecular formula is C30H24N4O5. The maximum absolute atomic E-state index is 13.4. The van der Waals surface area contributed by atoms with Crippen LogP contribution in [0, 0.1) is 10.1 Å². The number of para-hydroxylation sites is 2. The van der Waals surface area contributed by atoms with Crippen molar-refractivity contribution in [2.75, 3.05) is 7.11 Å². The van der Waals surface area contributed by atoms with E-state index in [1.54, 1.807) is 43.5 Å². The highest BCUT2D eigenvalue weighted by molar-refractivity contribution is 6.23. The van der Waals surface area contributed by atoms with Gasteiger partial charge in [0.05, 0.1) is 28.6 Å². The van der Waals surface area contributed by atoms with E-state index in [1.165, 1.54) is 12.1 Å². The molecule has 0 bridgehead atoms. The monoisotopic (exact) mass is 520 g/mol. The fraction of sp³-hybridized carbons (Fsp3) is 0.0667. The van der Waals surface area contributed by atoms with Crippen LogP contribution in [-0.4, -0.2) is 27.9 Å². The number of aromatic nitrogens is 2. The zero-order valence-electron chi connectivity index (χ0n) is 21.0. The summed E-state index contributed by atoms with van der Waals surface area (Å²) in [4.78, 5) is 32.5. The summed E-state index contributed by atoms with van der Waals surface area (Å²) in [6.07, 6.45) is 1.57. The van der Waals surface area contributed by atoms with Gasteiger partial charge in [-0.1, -0.05) is 48.5 Å². The lowest BCUT2D eigenvalue weighted by molar-refractivity contribution is -0.385. The van der Waals surface area contributed by atoms with Gasteiger partial charge in [0, 0.05) is 12.6 Å². The van der Waals surface area contributed by atoms with Gasteiger partial charge >= 0.3 is 5.69 Å². The maximum Gasteiger partial charge on any atom is 0.312 e. The van der Waals surface area contributed by atoms with E-state index in [9.17, 15) is 14.9 Å². The minimum atomic E-state index is -0.521. The number of benzene rings is 4. The molecule has 5 rings (SSSR count). The molecule has 194 valence electrons. The third kappa shape index (κ3) is 5.94. The predicted octanol–water partition coefficient (Wildman–Crippen LogP) is 6.13. The molecule has 0 atom stereocenters. The SMILES string of the molecule is COc1ccc(Oc2ccc(/C=C(/C(=O)NCc3ccccc3)c3nc4ccccc4[nH]3)cc2[N+](=O)[O-])cc1. The van der Waals surface area contributed by atoms with Crippen molar-refractivity contribution < 1.29 is 19.2 Å². The summed E-state index contributed by atoms with van der Waals surface area (Å²) in [5.41, 5.74) is 2.83. The van der Waals surface area contributed by atoms with Crippen molar-refractivity contribution in [3.05, 3.63) is 124 Å². The number of ether oxygens (including phenoxy) is 2. The van der Waals surface area contributed by atoms with Crippen molar-refractivity contribution in [3.8, 4) is 17.2 Å². The van der Waals surface area contributed by atoms with E-state index < -0.39 is 4.92 Å². The summed E-state index contributed by atoms with van der Waals surface area (Å²) < 4.78 is 10.9. The van der Waals surface area contributed by atoms with E-state index in [0.717, 1.165) is 11.1 Å². The molecule has 9 heteroatoms. The van der Waals surface area contributed by atoms with Gasteiger partial charge in [-0.15, -0.1) is 0 Å². The minimum Gasteiger partial charge on any atom is -0.497 e. The summed E-state index contributed by atoms with van der Waals surface area (Å²) in [6, 6.07) is 28.2. The second-order valence-electron chi connectivity index (χ2n) is 8.59. The third-order valence-corrected chi connectivity index (χ3v) is 5.96. The summed E-state index contributed by atoms with van der Waals surface area (Å²) >= 11 is 0. The van der Waals surface area contributed by atoms with Gasteiger partial charge in [-0.3, -0.25) is 14.9 Å². The normalized spacial score (nSPS) is 11.3. The highest BCUT2D eigenvalue weighted by atomic mass is 16.6. The Bertz CT molecular complexity index is 1630. The highest BCUT2D eigenvalue weighted by Crippen LogP contribution is 2.34. The summed E-state index contributed by atoms with van der Waals surface area (Å²) in [7, 11) is 1.55. The van der Waals surface area contributed by atoms with Crippen LogP contribution in [-0.2, 0) is 11.3 Å². The number of H-pyrrole nitrogens is 1. The summed E-state index contributed by atoms with van der Waals surface area (Å²) in [6.45, 7) is 0.312. The number of fused-ring (bicyclic) bond motifs is 1. The van der Waals surface area contributed by atoms with Crippen LogP contribution < -0.4 is 14.8 Å². The quantitative estimate of drug-likeness (QED) is 0.137. The number of hydrogen-bond donors (Lipinski definition) is 2. The van der Waals surface area contributed by atoms with Gasteiger partial charge in [-0.05, 0) is 59.7 Å². The Morgan fingerprint density at radius 3 is 2.41 bits per heavy atom. The summed E-state index contributed by atoms with van der Waals surface area (Å²) in [5.74, 6) is 1.11. The molecule has 2 N–H and O–H groups in total. The largest absolute Gasteiger partial charge is 0.497 e. The molecule has 1 heterocycles. The lowest BCUT2D eigenvalue weighted by Gasteiger charge is -2.10. The first kappa shape index (κ1) is 25.2. The number of imidazole rings is 1. The Labute approximate surface area is 223 Å². The Morgan fingerprint density at radius 2 is 1.69 bits per heavy atom. The number of methoxy groups -OCH3 is 1. The number of aromatic amines is 1. The van der Waals surface area contributed by atoms with Crippen molar-refractivity contribution in [1.29, 1.82) is 0 Å². The Balaban J connectivity index is 1.49. The van der Waals surface area contributed by atoms with Crippen molar-refractivity contribution in [3.63, 3.8) is 0 Å². The fourth-order valence-corrected chi connectivity index (χ4v) is 3.99. The van der Waals surface area contributed by atoms with Gasteiger partial charge in [0.15, 0.2) is 0 Å². The van der Waals surface area contributed by atoms with Gasteiger partial charge in [-0.2, -0.15) is 0 Å². The molecule has 4 aromatic carbocycles. The van der Waals surface area contributed by atoms with Crippen LogP contribution in [0.5, 0.6) is 17.2 Å². The van der Waals surface area contributed by atoms with Crippen LogP contribution >= 0.6 is 0 Å². The number of nitrogens with one attached hydrogen (secondary N) is 2. The molecule has 5 aromatic rings. The number of nitro groups is 1. The average molecular weight is 521 g/mol. The second-order valence-corrected chi connectivity index (χ2v) is 8.59. The van der Waals surface area contributed by atoms with Crippen molar-refractivity contribution in [2.45, 2.75) is 6.54 Å². The lowest BCUT2D eigenvalue weighted by Crippen LogP contribution is -2.24. The van der Waals surface area contributed by atoms with Crippen LogP contribution in [0.3, 0.4) is 0 Å². The molecule has 9 nitrogen and oxygen atoms in total. The Morgan fingerprint density at radius 1 is 0.974 bits per heavy atom. The zero-order valence-corrected chi connectivity index (χ0v) is 21.0. The lowest BCUT2D eigenvalue weighted by atomic mass is 10.1. The van der Waals surface area contributed by atoms with Crippen molar-refractivity contribution in [2.24, 2.45) is 0 Å².